The van der Waals surface area contributed by atoms with Crippen LogP contribution < -0.4 is 11.3 Å². The van der Waals surface area contributed by atoms with Gasteiger partial charge in [-0.1, -0.05) is 36.7 Å². The number of fused-ring (bicyclic) bond motifs is 1. The highest BCUT2D eigenvalue weighted by molar-refractivity contribution is 6.30. The maximum atomic E-state index is 5.95. The molecule has 4 heteroatoms. The van der Waals surface area contributed by atoms with Gasteiger partial charge in [-0.15, -0.1) is 0 Å². The third-order valence-corrected chi connectivity index (χ3v) is 3.83. The van der Waals surface area contributed by atoms with Gasteiger partial charge in [0, 0.05) is 16.0 Å². The molecule has 0 radical (unpaired) electrons. The van der Waals surface area contributed by atoms with E-state index in [9.17, 15) is 0 Å². The highest BCUT2D eigenvalue weighted by Crippen LogP contribution is 2.30. The van der Waals surface area contributed by atoms with Crippen LogP contribution in [0.1, 0.15) is 12.5 Å². The Morgan fingerprint density at radius 2 is 1.86 bits per heavy atom. The zero-order valence-electron chi connectivity index (χ0n) is 11.7. The van der Waals surface area contributed by atoms with Crippen molar-refractivity contribution in [2.45, 2.75) is 13.3 Å². The van der Waals surface area contributed by atoms with E-state index >= 15 is 0 Å². The normalized spacial score (nSPS) is 10.8. The molecule has 2 aromatic carbocycles. The van der Waals surface area contributed by atoms with E-state index in [-0.39, 0.29) is 0 Å². The Morgan fingerprint density at radius 1 is 1.10 bits per heavy atom. The molecular formula is C17H16ClN3. The van der Waals surface area contributed by atoms with Gasteiger partial charge < -0.3 is 5.43 Å². The molecular weight excluding hydrogens is 282 g/mol. The van der Waals surface area contributed by atoms with Gasteiger partial charge in [-0.25, -0.2) is 10.8 Å². The molecule has 0 aliphatic heterocycles. The lowest BCUT2D eigenvalue weighted by atomic mass is 10.0. The average molecular weight is 298 g/mol. The first-order valence-corrected chi connectivity index (χ1v) is 7.25. The third-order valence-electron chi connectivity index (χ3n) is 3.58. The van der Waals surface area contributed by atoms with Gasteiger partial charge in [0.15, 0.2) is 0 Å². The van der Waals surface area contributed by atoms with Crippen LogP contribution in [0.3, 0.4) is 0 Å². The summed E-state index contributed by atoms with van der Waals surface area (Å²) >= 11 is 5.95. The Labute approximate surface area is 128 Å². The zero-order valence-corrected chi connectivity index (χ0v) is 12.5. The number of pyridine rings is 1. The van der Waals surface area contributed by atoms with E-state index in [4.69, 9.17) is 17.4 Å². The molecule has 3 rings (SSSR count). The lowest BCUT2D eigenvalue weighted by Gasteiger charge is -2.11. The number of hydrazine groups is 1. The SMILES string of the molecule is CCc1ccc2nc(NN)c(-c3ccc(Cl)cc3)cc2c1. The number of benzene rings is 2. The second-order valence-corrected chi connectivity index (χ2v) is 5.35. The Hall–Kier alpha value is -2.10. The van der Waals surface area contributed by atoms with Crippen molar-refractivity contribution in [2.24, 2.45) is 5.84 Å². The molecule has 1 aromatic heterocycles. The molecule has 106 valence electrons. The second-order valence-electron chi connectivity index (χ2n) is 4.92. The molecule has 3 N–H and O–H groups in total. The number of halogens is 1. The molecule has 0 bridgehead atoms. The average Bonchev–Trinajstić information content (AvgIpc) is 2.53. The standard InChI is InChI=1S/C17H16ClN3/c1-2-11-3-8-16-13(9-11)10-15(17(20-16)21-19)12-4-6-14(18)7-5-12/h3-10H,2,19H2,1H3,(H,20,21). The van der Waals surface area contributed by atoms with Gasteiger partial charge in [0.25, 0.3) is 0 Å². The topological polar surface area (TPSA) is 50.9 Å². The van der Waals surface area contributed by atoms with Crippen molar-refractivity contribution >= 4 is 28.3 Å². The lowest BCUT2D eigenvalue weighted by molar-refractivity contribution is 1.14. The van der Waals surface area contributed by atoms with Gasteiger partial charge in [0.05, 0.1) is 5.52 Å². The fourth-order valence-electron chi connectivity index (χ4n) is 2.41. The number of anilines is 1. The first kappa shape index (κ1) is 13.9. The molecule has 3 nitrogen and oxygen atoms in total. The fourth-order valence-corrected chi connectivity index (χ4v) is 2.53. The summed E-state index contributed by atoms with van der Waals surface area (Å²) in [5.41, 5.74) is 6.90. The van der Waals surface area contributed by atoms with Gasteiger partial charge in [0.1, 0.15) is 5.82 Å². The molecule has 0 saturated heterocycles. The number of aromatic nitrogens is 1. The summed E-state index contributed by atoms with van der Waals surface area (Å²) in [7, 11) is 0. The summed E-state index contributed by atoms with van der Waals surface area (Å²) in [4.78, 5) is 4.60. The Kier molecular flexibility index (Phi) is 3.78. The van der Waals surface area contributed by atoms with Crippen molar-refractivity contribution in [3.05, 3.63) is 59.1 Å². The van der Waals surface area contributed by atoms with Crippen molar-refractivity contribution in [2.75, 3.05) is 5.43 Å². The number of nitrogens with zero attached hydrogens (tertiary/aromatic N) is 1. The molecule has 0 atom stereocenters. The van der Waals surface area contributed by atoms with Crippen LogP contribution in [-0.2, 0) is 6.42 Å². The minimum Gasteiger partial charge on any atom is -0.308 e. The predicted octanol–water partition coefficient (Wildman–Crippen LogP) is 4.40. The van der Waals surface area contributed by atoms with E-state index in [1.54, 1.807) is 0 Å². The molecule has 1 heterocycles. The Morgan fingerprint density at radius 3 is 2.52 bits per heavy atom. The van der Waals surface area contributed by atoms with E-state index < -0.39 is 0 Å². The summed E-state index contributed by atoms with van der Waals surface area (Å²) in [5, 5.41) is 1.82. The number of nitrogen functional groups attached to an aromatic ring is 1. The van der Waals surface area contributed by atoms with Crippen LogP contribution in [0, 0.1) is 0 Å². The molecule has 0 amide bonds. The van der Waals surface area contributed by atoms with Crippen LogP contribution in [0.4, 0.5) is 5.82 Å². The molecule has 0 aliphatic carbocycles. The van der Waals surface area contributed by atoms with Gasteiger partial charge in [-0.05, 0) is 47.9 Å². The van der Waals surface area contributed by atoms with Crippen LogP contribution in [0.15, 0.2) is 48.5 Å². The number of hydrogen-bond donors (Lipinski definition) is 2. The van der Waals surface area contributed by atoms with Gasteiger partial charge >= 0.3 is 0 Å². The van der Waals surface area contributed by atoms with Crippen LogP contribution in [0.5, 0.6) is 0 Å². The quantitative estimate of drug-likeness (QED) is 0.556. The maximum absolute atomic E-state index is 5.95. The highest BCUT2D eigenvalue weighted by atomic mass is 35.5. The largest absolute Gasteiger partial charge is 0.308 e. The van der Waals surface area contributed by atoms with Crippen LogP contribution in [0.2, 0.25) is 5.02 Å². The molecule has 0 aliphatic rings. The Bertz CT molecular complexity index is 782. The maximum Gasteiger partial charge on any atom is 0.148 e. The van der Waals surface area contributed by atoms with E-state index in [0.29, 0.717) is 10.8 Å². The molecule has 0 saturated carbocycles. The van der Waals surface area contributed by atoms with Gasteiger partial charge in [-0.2, -0.15) is 0 Å². The number of aryl methyl sites for hydroxylation is 1. The van der Waals surface area contributed by atoms with Crippen LogP contribution in [-0.4, -0.2) is 4.98 Å². The summed E-state index contributed by atoms with van der Waals surface area (Å²) in [5.74, 6) is 6.29. The molecule has 0 fully saturated rings. The smallest absolute Gasteiger partial charge is 0.148 e. The predicted molar refractivity (Wildman–Crippen MR) is 89.4 cm³/mol. The van der Waals surface area contributed by atoms with Crippen molar-refractivity contribution in [3.63, 3.8) is 0 Å². The van der Waals surface area contributed by atoms with E-state index in [1.807, 2.05) is 30.3 Å². The summed E-state index contributed by atoms with van der Waals surface area (Å²) in [6, 6.07) is 16.1. The monoisotopic (exact) mass is 297 g/mol. The fraction of sp³-hybridized carbons (Fsp3) is 0.118. The van der Waals surface area contributed by atoms with Crippen molar-refractivity contribution < 1.29 is 0 Å². The minimum atomic E-state index is 0.661. The van der Waals surface area contributed by atoms with Gasteiger partial charge in [-0.3, -0.25) is 0 Å². The van der Waals surface area contributed by atoms with E-state index in [2.05, 4.69) is 35.5 Å². The number of rotatable bonds is 3. The third kappa shape index (κ3) is 2.71. The zero-order chi connectivity index (χ0) is 14.8. The van der Waals surface area contributed by atoms with Crippen molar-refractivity contribution in [1.29, 1.82) is 0 Å². The Balaban J connectivity index is 2.21. The molecule has 0 unspecified atom stereocenters. The molecule has 3 aromatic rings. The lowest BCUT2D eigenvalue weighted by Crippen LogP contribution is -2.10. The highest BCUT2D eigenvalue weighted by Gasteiger charge is 2.09. The van der Waals surface area contributed by atoms with Crippen molar-refractivity contribution in [1.82, 2.24) is 4.98 Å². The van der Waals surface area contributed by atoms with E-state index in [0.717, 1.165) is 28.5 Å². The summed E-state index contributed by atoms with van der Waals surface area (Å²) < 4.78 is 0. The first-order chi connectivity index (χ1) is 10.2. The van der Waals surface area contributed by atoms with E-state index in [1.165, 1.54) is 5.56 Å². The van der Waals surface area contributed by atoms with Crippen LogP contribution in [0.25, 0.3) is 22.0 Å². The summed E-state index contributed by atoms with van der Waals surface area (Å²) in [6.07, 6.45) is 1.00. The summed E-state index contributed by atoms with van der Waals surface area (Å²) in [6.45, 7) is 2.14. The first-order valence-electron chi connectivity index (χ1n) is 6.87. The molecule has 0 spiro atoms. The number of nitrogens with two attached hydrogens (primary N) is 1. The second kappa shape index (κ2) is 5.72. The number of nitrogens with one attached hydrogen (secondary N) is 1. The minimum absolute atomic E-state index is 0.661. The van der Waals surface area contributed by atoms with Gasteiger partial charge in [0.2, 0.25) is 0 Å². The molecule has 21 heavy (non-hydrogen) atoms. The van der Waals surface area contributed by atoms with Crippen molar-refractivity contribution in [3.8, 4) is 11.1 Å². The number of hydrogen-bond acceptors (Lipinski definition) is 3. The van der Waals surface area contributed by atoms with Crippen LogP contribution >= 0.6 is 11.6 Å².